The van der Waals surface area contributed by atoms with Crippen molar-refractivity contribution < 1.29 is 21.9 Å². The molecule has 19 heavy (non-hydrogen) atoms. The molecule has 0 aromatic heterocycles. The van der Waals surface area contributed by atoms with Gasteiger partial charge in [0.25, 0.3) is 0 Å². The van der Waals surface area contributed by atoms with Crippen LogP contribution in [0.1, 0.15) is 11.1 Å². The van der Waals surface area contributed by atoms with E-state index in [4.69, 9.17) is 0 Å². The van der Waals surface area contributed by atoms with E-state index in [9.17, 15) is 21.9 Å². The van der Waals surface area contributed by atoms with Gasteiger partial charge in [0.1, 0.15) is 5.25 Å². The number of aliphatic hydroxyl groups is 1. The van der Waals surface area contributed by atoms with Crippen LogP contribution < -0.4 is 0 Å². The summed E-state index contributed by atoms with van der Waals surface area (Å²) in [6.07, 6.45) is -1.35. The Balaban J connectivity index is 2.49. The fraction of sp³-hybridized carbons (Fsp3) is 0.500. The summed E-state index contributed by atoms with van der Waals surface area (Å²) in [5, 5.41) is 8.44. The molecular formula is C12H16O5S2. The van der Waals surface area contributed by atoms with E-state index in [2.05, 4.69) is 0 Å². The molecular weight excluding hydrogens is 288 g/mol. The fourth-order valence-electron chi connectivity index (χ4n) is 2.37. The summed E-state index contributed by atoms with van der Waals surface area (Å²) in [4.78, 5) is 0.0965. The molecule has 0 bridgehead atoms. The van der Waals surface area contributed by atoms with Gasteiger partial charge in [0.2, 0.25) is 0 Å². The number of hydrogen-bond acceptors (Lipinski definition) is 5. The summed E-state index contributed by atoms with van der Waals surface area (Å²) in [6.45, 7) is 3.51. The molecule has 1 heterocycles. The second-order valence-electron chi connectivity index (χ2n) is 5.00. The van der Waals surface area contributed by atoms with Gasteiger partial charge >= 0.3 is 0 Å². The Labute approximate surface area is 113 Å². The van der Waals surface area contributed by atoms with Crippen LogP contribution in [-0.2, 0) is 19.7 Å². The molecule has 106 valence electrons. The fourth-order valence-corrected chi connectivity index (χ4v) is 7.05. The first kappa shape index (κ1) is 14.5. The maximum absolute atomic E-state index is 12.4. The van der Waals surface area contributed by atoms with Gasteiger partial charge in [-0.3, -0.25) is 0 Å². The van der Waals surface area contributed by atoms with Crippen LogP contribution >= 0.6 is 0 Å². The SMILES string of the molecule is Cc1ccc(S(=O)(=O)[C@@H]2CS(=O)(=O)C[C@@H]2O)c(C)c1. The monoisotopic (exact) mass is 304 g/mol. The first-order valence-electron chi connectivity index (χ1n) is 5.83. The van der Waals surface area contributed by atoms with E-state index < -0.39 is 42.5 Å². The highest BCUT2D eigenvalue weighted by Gasteiger charge is 2.45. The van der Waals surface area contributed by atoms with Crippen molar-refractivity contribution >= 4 is 19.7 Å². The summed E-state index contributed by atoms with van der Waals surface area (Å²) in [7, 11) is -7.32. The molecule has 1 N–H and O–H groups in total. The Hall–Kier alpha value is -0.920. The van der Waals surface area contributed by atoms with E-state index >= 15 is 0 Å². The van der Waals surface area contributed by atoms with Gasteiger partial charge in [-0.25, -0.2) is 16.8 Å². The van der Waals surface area contributed by atoms with Crippen molar-refractivity contribution in [3.63, 3.8) is 0 Å². The van der Waals surface area contributed by atoms with Gasteiger partial charge in [-0.2, -0.15) is 0 Å². The summed E-state index contributed by atoms with van der Waals surface area (Å²) in [5.41, 5.74) is 1.49. The molecule has 1 aliphatic rings. The van der Waals surface area contributed by atoms with Crippen molar-refractivity contribution in [2.24, 2.45) is 0 Å². The Morgan fingerprint density at radius 2 is 1.84 bits per heavy atom. The third-order valence-corrected chi connectivity index (χ3v) is 7.58. The van der Waals surface area contributed by atoms with Crippen molar-refractivity contribution in [2.75, 3.05) is 11.5 Å². The minimum Gasteiger partial charge on any atom is -0.391 e. The first-order valence-corrected chi connectivity index (χ1v) is 9.20. The molecule has 2 atom stereocenters. The van der Waals surface area contributed by atoms with Crippen LogP contribution in [0.5, 0.6) is 0 Å². The van der Waals surface area contributed by atoms with Crippen molar-refractivity contribution in [3.05, 3.63) is 29.3 Å². The normalized spacial score (nSPS) is 26.5. The second kappa shape index (κ2) is 4.57. The summed E-state index contributed by atoms with van der Waals surface area (Å²) in [6, 6.07) is 4.86. The Kier molecular flexibility index (Phi) is 3.49. The molecule has 2 rings (SSSR count). The Morgan fingerprint density at radius 3 is 2.32 bits per heavy atom. The molecule has 0 unspecified atom stereocenters. The van der Waals surface area contributed by atoms with Gasteiger partial charge in [-0.1, -0.05) is 17.7 Å². The maximum Gasteiger partial charge on any atom is 0.185 e. The maximum atomic E-state index is 12.4. The number of rotatable bonds is 2. The predicted octanol–water partition coefficient (Wildman–Crippen LogP) is 0.235. The van der Waals surface area contributed by atoms with Gasteiger partial charge in [0.15, 0.2) is 19.7 Å². The Bertz CT molecular complexity index is 704. The van der Waals surface area contributed by atoms with Crippen LogP contribution in [0, 0.1) is 13.8 Å². The molecule has 1 aliphatic heterocycles. The molecule has 1 aromatic rings. The number of aryl methyl sites for hydroxylation is 2. The average molecular weight is 304 g/mol. The minimum atomic E-state index is -3.84. The molecule has 7 heteroatoms. The van der Waals surface area contributed by atoms with E-state index in [1.165, 1.54) is 6.07 Å². The highest BCUT2D eigenvalue weighted by molar-refractivity contribution is 7.96. The third-order valence-electron chi connectivity index (χ3n) is 3.31. The summed E-state index contributed by atoms with van der Waals surface area (Å²) in [5.74, 6) is -0.994. The van der Waals surface area contributed by atoms with Gasteiger partial charge in [-0.05, 0) is 25.5 Å². The molecule has 1 aromatic carbocycles. The zero-order valence-electron chi connectivity index (χ0n) is 10.7. The smallest absolute Gasteiger partial charge is 0.185 e. The van der Waals surface area contributed by atoms with Crippen LogP contribution in [0.25, 0.3) is 0 Å². The number of aliphatic hydroxyl groups excluding tert-OH is 1. The highest BCUT2D eigenvalue weighted by Crippen LogP contribution is 2.28. The molecule has 0 spiro atoms. The molecule has 5 nitrogen and oxygen atoms in total. The molecule has 1 fully saturated rings. The van der Waals surface area contributed by atoms with Crippen LogP contribution in [0.15, 0.2) is 23.1 Å². The van der Waals surface area contributed by atoms with Crippen LogP contribution in [0.3, 0.4) is 0 Å². The van der Waals surface area contributed by atoms with E-state index in [-0.39, 0.29) is 4.90 Å². The van der Waals surface area contributed by atoms with Gasteiger partial charge in [0, 0.05) is 0 Å². The van der Waals surface area contributed by atoms with Gasteiger partial charge < -0.3 is 5.11 Å². The van der Waals surface area contributed by atoms with Gasteiger partial charge in [0.05, 0.1) is 22.5 Å². The lowest BCUT2D eigenvalue weighted by molar-refractivity contribution is 0.204. The van der Waals surface area contributed by atoms with E-state index in [1.54, 1.807) is 19.1 Å². The molecule has 0 aliphatic carbocycles. The molecule has 0 saturated carbocycles. The van der Waals surface area contributed by atoms with Crippen molar-refractivity contribution in [2.45, 2.75) is 30.1 Å². The molecule has 0 amide bonds. The summed E-state index contributed by atoms with van der Waals surface area (Å²) >= 11 is 0. The zero-order valence-corrected chi connectivity index (χ0v) is 12.3. The molecule has 1 saturated heterocycles. The predicted molar refractivity (Wildman–Crippen MR) is 71.6 cm³/mol. The number of benzene rings is 1. The lowest BCUT2D eigenvalue weighted by Gasteiger charge is -2.16. The zero-order chi connectivity index (χ0) is 14.4. The molecule has 0 radical (unpaired) electrons. The third kappa shape index (κ3) is 2.68. The average Bonchev–Trinajstić information content (AvgIpc) is 2.52. The standard InChI is InChI=1S/C12H16O5S2/c1-8-3-4-11(9(2)5-8)19(16,17)12-7-18(14,15)6-10(12)13/h3-5,10,12-13H,6-7H2,1-2H3/t10-,12+/m0/s1. The van der Waals surface area contributed by atoms with Crippen LogP contribution in [-0.4, -0.2) is 44.8 Å². The van der Waals surface area contributed by atoms with Crippen molar-refractivity contribution in [1.82, 2.24) is 0 Å². The largest absolute Gasteiger partial charge is 0.391 e. The quantitative estimate of drug-likeness (QED) is 0.845. The van der Waals surface area contributed by atoms with Crippen molar-refractivity contribution in [3.8, 4) is 0 Å². The number of sulfone groups is 2. The first-order chi connectivity index (χ1) is 8.63. The van der Waals surface area contributed by atoms with E-state index in [0.29, 0.717) is 5.56 Å². The number of hydrogen-bond donors (Lipinski definition) is 1. The van der Waals surface area contributed by atoms with E-state index in [0.717, 1.165) is 5.56 Å². The minimum absolute atomic E-state index is 0.0965. The van der Waals surface area contributed by atoms with Crippen LogP contribution in [0.4, 0.5) is 0 Å². The highest BCUT2D eigenvalue weighted by atomic mass is 32.2. The second-order valence-corrected chi connectivity index (χ2v) is 9.29. The van der Waals surface area contributed by atoms with Crippen molar-refractivity contribution in [1.29, 1.82) is 0 Å². The van der Waals surface area contributed by atoms with Crippen LogP contribution in [0.2, 0.25) is 0 Å². The topological polar surface area (TPSA) is 88.5 Å². The lowest BCUT2D eigenvalue weighted by atomic mass is 10.2. The summed E-state index contributed by atoms with van der Waals surface area (Å²) < 4.78 is 47.8. The van der Waals surface area contributed by atoms with Gasteiger partial charge in [-0.15, -0.1) is 0 Å². The Morgan fingerprint density at radius 1 is 1.21 bits per heavy atom. The lowest BCUT2D eigenvalue weighted by Crippen LogP contribution is -2.33. The van der Waals surface area contributed by atoms with E-state index in [1.807, 2.05) is 6.92 Å².